The lowest BCUT2D eigenvalue weighted by molar-refractivity contribution is 0.443. The summed E-state index contributed by atoms with van der Waals surface area (Å²) in [6, 6.07) is 18.9. The molecule has 172 valence electrons. The first-order valence-electron chi connectivity index (χ1n) is 10.6. The molecule has 0 unspecified atom stereocenters. The molecule has 0 amide bonds. The second kappa shape index (κ2) is 10.1. The number of pyridine rings is 2. The Morgan fingerprint density at radius 1 is 0.743 bits per heavy atom. The molecule has 0 spiro atoms. The zero-order chi connectivity index (χ0) is 24.0. The maximum Gasteiger partial charge on any atom is 0.167 e. The third kappa shape index (κ3) is 5.51. The molecule has 0 aliphatic carbocycles. The van der Waals surface area contributed by atoms with Gasteiger partial charge in [-0.1, -0.05) is 17.7 Å². The Kier molecular flexibility index (Phi) is 6.45. The highest BCUT2D eigenvalue weighted by atomic mass is 35.5. The summed E-state index contributed by atoms with van der Waals surface area (Å²) in [5, 5.41) is 6.90. The summed E-state index contributed by atoms with van der Waals surface area (Å²) in [7, 11) is 0. The molecule has 7 nitrogen and oxygen atoms in total. The first kappa shape index (κ1) is 22.2. The molecule has 0 saturated heterocycles. The van der Waals surface area contributed by atoms with E-state index in [2.05, 4.69) is 30.6 Å². The molecule has 3 aromatic heterocycles. The molecule has 0 atom stereocenters. The SMILES string of the molecule is Fc1cc(Nc2cc(Nc3ccc(Cl)cc3)ncn2)ccc1Oc1ccncc1-c1cccnc1. The molecule has 0 radical (unpaired) electrons. The van der Waals surface area contributed by atoms with Crippen molar-refractivity contribution in [2.75, 3.05) is 10.6 Å². The van der Waals surface area contributed by atoms with Crippen molar-refractivity contribution in [2.24, 2.45) is 0 Å². The Hall–Kier alpha value is -4.56. The molecule has 0 fully saturated rings. The molecule has 3 heterocycles. The van der Waals surface area contributed by atoms with Crippen LogP contribution in [0.2, 0.25) is 5.02 Å². The molecule has 0 saturated carbocycles. The number of hydrogen-bond donors (Lipinski definition) is 2. The molecule has 5 rings (SSSR count). The Morgan fingerprint density at radius 3 is 2.23 bits per heavy atom. The monoisotopic (exact) mass is 484 g/mol. The van der Waals surface area contributed by atoms with Crippen molar-refractivity contribution >= 4 is 34.6 Å². The van der Waals surface area contributed by atoms with Gasteiger partial charge in [-0.2, -0.15) is 0 Å². The zero-order valence-corrected chi connectivity index (χ0v) is 18.9. The molecular formula is C26H18ClFN6O. The van der Waals surface area contributed by atoms with Gasteiger partial charge in [0.05, 0.1) is 0 Å². The van der Waals surface area contributed by atoms with Crippen LogP contribution in [0.5, 0.6) is 11.5 Å². The van der Waals surface area contributed by atoms with Crippen molar-refractivity contribution in [1.29, 1.82) is 0 Å². The van der Waals surface area contributed by atoms with Gasteiger partial charge in [-0.15, -0.1) is 0 Å². The van der Waals surface area contributed by atoms with Gasteiger partial charge in [-0.25, -0.2) is 14.4 Å². The van der Waals surface area contributed by atoms with Crippen LogP contribution in [0.4, 0.5) is 27.4 Å². The molecule has 5 aromatic rings. The van der Waals surface area contributed by atoms with Crippen molar-refractivity contribution in [1.82, 2.24) is 19.9 Å². The standard InChI is InChI=1S/C26H18ClFN6O/c27-18-3-5-19(6-4-18)33-25-13-26(32-16-31-25)34-20-7-8-24(22(28)12-20)35-23-9-11-30-15-21(23)17-2-1-10-29-14-17/h1-16H,(H2,31,32,33,34). The van der Waals surface area contributed by atoms with E-state index in [4.69, 9.17) is 16.3 Å². The van der Waals surface area contributed by atoms with Crippen LogP contribution in [0.15, 0.2) is 97.8 Å². The maximum atomic E-state index is 14.9. The minimum atomic E-state index is -0.530. The fourth-order valence-corrected chi connectivity index (χ4v) is 3.44. The van der Waals surface area contributed by atoms with Crippen LogP contribution in [0.1, 0.15) is 0 Å². The maximum absolute atomic E-state index is 14.9. The fourth-order valence-electron chi connectivity index (χ4n) is 3.31. The number of benzene rings is 2. The van der Waals surface area contributed by atoms with Crippen LogP contribution < -0.4 is 15.4 Å². The minimum Gasteiger partial charge on any atom is -0.454 e. The summed E-state index contributed by atoms with van der Waals surface area (Å²) in [4.78, 5) is 16.7. The third-order valence-corrected chi connectivity index (χ3v) is 5.21. The number of nitrogens with one attached hydrogen (secondary N) is 2. The smallest absolute Gasteiger partial charge is 0.167 e. The largest absolute Gasteiger partial charge is 0.454 e. The lowest BCUT2D eigenvalue weighted by Gasteiger charge is -2.13. The van der Waals surface area contributed by atoms with E-state index in [1.54, 1.807) is 61.2 Å². The second-order valence-corrected chi connectivity index (χ2v) is 7.84. The van der Waals surface area contributed by atoms with E-state index in [0.717, 1.165) is 11.3 Å². The summed E-state index contributed by atoms with van der Waals surface area (Å²) in [5.41, 5.74) is 2.87. The summed E-state index contributed by atoms with van der Waals surface area (Å²) in [6.07, 6.45) is 8.04. The molecule has 0 aliphatic heterocycles. The first-order chi connectivity index (χ1) is 17.1. The van der Waals surface area contributed by atoms with Crippen molar-refractivity contribution in [3.63, 3.8) is 0 Å². The molecule has 35 heavy (non-hydrogen) atoms. The van der Waals surface area contributed by atoms with E-state index in [1.807, 2.05) is 24.3 Å². The molecule has 2 aromatic carbocycles. The highest BCUT2D eigenvalue weighted by molar-refractivity contribution is 6.30. The van der Waals surface area contributed by atoms with Gasteiger partial charge in [-0.05, 0) is 48.5 Å². The first-order valence-corrected chi connectivity index (χ1v) is 11.0. The number of nitrogens with zero attached hydrogens (tertiary/aromatic N) is 4. The predicted molar refractivity (Wildman–Crippen MR) is 134 cm³/mol. The van der Waals surface area contributed by atoms with Crippen LogP contribution in [-0.4, -0.2) is 19.9 Å². The summed E-state index contributed by atoms with van der Waals surface area (Å²) < 4.78 is 20.8. The number of rotatable bonds is 7. The number of hydrogen-bond acceptors (Lipinski definition) is 7. The van der Waals surface area contributed by atoms with E-state index < -0.39 is 5.82 Å². The van der Waals surface area contributed by atoms with Crippen molar-refractivity contribution in [3.8, 4) is 22.6 Å². The Morgan fingerprint density at radius 2 is 1.49 bits per heavy atom. The van der Waals surface area contributed by atoms with Crippen LogP contribution in [-0.2, 0) is 0 Å². The van der Waals surface area contributed by atoms with E-state index >= 15 is 0 Å². The Balaban J connectivity index is 1.31. The van der Waals surface area contributed by atoms with E-state index in [-0.39, 0.29) is 5.75 Å². The predicted octanol–water partition coefficient (Wildman–Crippen LogP) is 7.01. The van der Waals surface area contributed by atoms with Gasteiger partial charge >= 0.3 is 0 Å². The summed E-state index contributed by atoms with van der Waals surface area (Å²) >= 11 is 5.93. The Labute approximate surface area is 205 Å². The van der Waals surface area contributed by atoms with Gasteiger partial charge in [0.2, 0.25) is 0 Å². The van der Waals surface area contributed by atoms with Crippen molar-refractivity contribution in [2.45, 2.75) is 0 Å². The molecule has 2 N–H and O–H groups in total. The van der Waals surface area contributed by atoms with Crippen LogP contribution in [0.3, 0.4) is 0 Å². The number of halogens is 2. The van der Waals surface area contributed by atoms with E-state index in [0.29, 0.717) is 33.7 Å². The normalized spacial score (nSPS) is 10.6. The third-order valence-electron chi connectivity index (χ3n) is 4.96. The lowest BCUT2D eigenvalue weighted by atomic mass is 10.1. The van der Waals surface area contributed by atoms with Gasteiger partial charge < -0.3 is 15.4 Å². The Bertz CT molecular complexity index is 1450. The number of anilines is 4. The van der Waals surface area contributed by atoms with E-state index in [9.17, 15) is 4.39 Å². The van der Waals surface area contributed by atoms with Gasteiger partial charge in [0.25, 0.3) is 0 Å². The van der Waals surface area contributed by atoms with Gasteiger partial charge in [-0.3, -0.25) is 9.97 Å². The molecule has 0 bridgehead atoms. The van der Waals surface area contributed by atoms with Crippen molar-refractivity contribution in [3.05, 3.63) is 109 Å². The highest BCUT2D eigenvalue weighted by Gasteiger charge is 2.12. The summed E-state index contributed by atoms with van der Waals surface area (Å²) in [5.74, 6) is 1.10. The minimum absolute atomic E-state index is 0.0830. The van der Waals surface area contributed by atoms with Crippen LogP contribution in [0, 0.1) is 5.82 Å². The molecular weight excluding hydrogens is 467 g/mol. The fraction of sp³-hybridized carbons (Fsp3) is 0. The summed E-state index contributed by atoms with van der Waals surface area (Å²) in [6.45, 7) is 0. The van der Waals surface area contributed by atoms with Gasteiger partial charge in [0, 0.05) is 64.4 Å². The van der Waals surface area contributed by atoms with Crippen LogP contribution >= 0.6 is 11.6 Å². The molecule has 9 heteroatoms. The average molecular weight is 485 g/mol. The number of aromatic nitrogens is 4. The topological polar surface area (TPSA) is 84.9 Å². The molecule has 0 aliphatic rings. The second-order valence-electron chi connectivity index (χ2n) is 7.41. The van der Waals surface area contributed by atoms with Crippen molar-refractivity contribution < 1.29 is 9.13 Å². The van der Waals surface area contributed by atoms with E-state index in [1.165, 1.54) is 12.4 Å². The zero-order valence-electron chi connectivity index (χ0n) is 18.2. The quantitative estimate of drug-likeness (QED) is 0.257. The van der Waals surface area contributed by atoms with Gasteiger partial charge in [0.1, 0.15) is 23.7 Å². The highest BCUT2D eigenvalue weighted by Crippen LogP contribution is 2.34. The average Bonchev–Trinajstić information content (AvgIpc) is 2.88. The van der Waals surface area contributed by atoms with Gasteiger partial charge in [0.15, 0.2) is 11.6 Å². The lowest BCUT2D eigenvalue weighted by Crippen LogP contribution is -1.99. The van der Waals surface area contributed by atoms with Crippen LogP contribution in [0.25, 0.3) is 11.1 Å². The number of ether oxygens (including phenoxy) is 1.